The number of alkyl halides is 2. The van der Waals surface area contributed by atoms with Crippen LogP contribution >= 0.6 is 45.9 Å². The van der Waals surface area contributed by atoms with Gasteiger partial charge in [-0.25, -0.2) is 14.4 Å². The number of carbonyl (C=O) groups is 9. The highest BCUT2D eigenvalue weighted by atomic mass is 35.5. The zero-order valence-corrected chi connectivity index (χ0v) is 59.5. The summed E-state index contributed by atoms with van der Waals surface area (Å²) in [4.78, 5) is 126. The maximum atomic E-state index is 14.4. The van der Waals surface area contributed by atoms with E-state index in [1.807, 2.05) is 24.6 Å². The van der Waals surface area contributed by atoms with Crippen LogP contribution < -0.4 is 57.3 Å². The van der Waals surface area contributed by atoms with Gasteiger partial charge in [-0.05, 0) is 116 Å². The average Bonchev–Trinajstić information content (AvgIpc) is 1.60. The number of aliphatic hydroxyl groups is 4. The largest absolute Gasteiger partial charge is 0.460 e. The fourth-order valence-electron chi connectivity index (χ4n) is 12.3. The molecule has 5 heterocycles. The van der Waals surface area contributed by atoms with Gasteiger partial charge in [0.25, 0.3) is 0 Å². The van der Waals surface area contributed by atoms with Gasteiger partial charge in [-0.1, -0.05) is 26.0 Å². The summed E-state index contributed by atoms with van der Waals surface area (Å²) in [6.45, 7) is 8.87. The lowest BCUT2D eigenvalue weighted by Gasteiger charge is -2.39. The van der Waals surface area contributed by atoms with Crippen molar-refractivity contribution in [2.24, 2.45) is 17.4 Å². The molecule has 0 unspecified atom stereocenters. The Balaban J connectivity index is 0.848. The van der Waals surface area contributed by atoms with Crippen molar-refractivity contribution in [1.29, 1.82) is 0 Å². The number of ether oxygens (including phenoxy) is 4. The number of benzene rings is 3. The molecular formula is C67H89Cl2N11O17S2. The molecule has 99 heavy (non-hydrogen) atoms. The predicted octanol–water partition coefficient (Wildman–Crippen LogP) is 5.47. The molecule has 0 aliphatic carbocycles. The molecule has 5 aromatic rings. The third kappa shape index (κ3) is 18.7. The van der Waals surface area contributed by atoms with E-state index in [1.54, 1.807) is 60.0 Å². The van der Waals surface area contributed by atoms with Crippen molar-refractivity contribution >= 4 is 137 Å². The number of likely N-dealkylation sites (N-methyl/N-ethyl adjacent to an activating group) is 2. The first kappa shape index (κ1) is 77.1. The number of thiophene rings is 2. The molecule has 28 nitrogen and oxygen atoms in total. The maximum absolute atomic E-state index is 14.4. The number of urea groups is 1. The Labute approximate surface area is 591 Å². The third-order valence-corrected chi connectivity index (χ3v) is 20.7. The summed E-state index contributed by atoms with van der Waals surface area (Å²) in [7, 11) is 3.02. The molecule has 2 aromatic heterocycles. The Bertz CT molecular complexity index is 3750. The second-order valence-electron chi connectivity index (χ2n) is 25.5. The van der Waals surface area contributed by atoms with Gasteiger partial charge in [-0.2, -0.15) is 0 Å². The van der Waals surface area contributed by atoms with E-state index >= 15 is 0 Å². The van der Waals surface area contributed by atoms with Crippen LogP contribution in [0.15, 0.2) is 47.2 Å². The second-order valence-corrected chi connectivity index (χ2v) is 27.8. The molecule has 0 bridgehead atoms. The van der Waals surface area contributed by atoms with E-state index in [4.69, 9.17) is 53.6 Å². The molecule has 3 aliphatic rings. The van der Waals surface area contributed by atoms with Crippen molar-refractivity contribution in [3.8, 4) is 11.5 Å². The monoisotopic (exact) mass is 1450 g/mol. The highest BCUT2D eigenvalue weighted by Crippen LogP contribution is 2.51. The van der Waals surface area contributed by atoms with Gasteiger partial charge >= 0.3 is 18.2 Å². The quantitative estimate of drug-likeness (QED) is 0.0194. The number of nitrogens with one attached hydrogen (secondary N) is 5. The molecule has 1 fully saturated rings. The normalized spacial score (nSPS) is 19.6. The Hall–Kier alpha value is -7.65. The zero-order valence-electron chi connectivity index (χ0n) is 56.3. The van der Waals surface area contributed by atoms with Crippen molar-refractivity contribution in [1.82, 2.24) is 31.1 Å². The number of aryl methyl sites for hydroxylation is 2. The number of halogens is 2. The average molecular weight is 1460 g/mol. The molecule has 0 radical (unpaired) electrons. The van der Waals surface area contributed by atoms with Crippen LogP contribution in [0.1, 0.15) is 112 Å². The lowest BCUT2D eigenvalue weighted by atomic mass is 9.97. The molecule has 10 atom stereocenters. The summed E-state index contributed by atoms with van der Waals surface area (Å²) in [6.07, 6.45) is -7.10. The van der Waals surface area contributed by atoms with E-state index in [-0.39, 0.29) is 118 Å². The second kappa shape index (κ2) is 35.1. The van der Waals surface area contributed by atoms with Gasteiger partial charge in [0.15, 0.2) is 5.75 Å². The van der Waals surface area contributed by atoms with Crippen LogP contribution in [0.3, 0.4) is 0 Å². The maximum Gasteiger partial charge on any atom is 0.415 e. The van der Waals surface area contributed by atoms with Crippen LogP contribution in [-0.2, 0) is 44.8 Å². The van der Waals surface area contributed by atoms with Crippen molar-refractivity contribution in [2.45, 2.75) is 153 Å². The Kier molecular flexibility index (Phi) is 27.3. The molecular weight excluding hydrogens is 1370 g/mol. The van der Waals surface area contributed by atoms with Crippen LogP contribution in [0.5, 0.6) is 11.5 Å². The number of unbranched alkanes of at least 4 members (excludes halogenated alkanes) is 1. The standard InChI is InChI=1S/C67H89Cl2N11O17S2/c1-34(2)55(76-62(89)42(73-37(5)82)12-8-9-20-70)63(90)75-43(13-11-21-72-65(71)91)61(88)74-41-18-16-38(17-19-41)31-94-66(92)77(6)22-23-78(7)67(93)97-47-25-45-54(52-36(4)33-99-60(47)52)40(27-69)29-80(45)50(84)15-10-14-49(83)79-28-39(26-68)53-44(79)24-46(59-51(53)35(3)32-98-59)95-64-58(87)57(86)56(85)48(30-81)96-64/h16-19,24-25,32-34,39-40,42-43,48,55-58,64,81,85-87H,8-15,20-23,26-31,70H2,1-7H3,(H,73,82)(H,74,88)(H,75,90)(H,76,89)(H3,71,72,91)/t39-,40-,42+,43+,48-,55+,56+,57+,58-,64-/m1/s1. The molecule has 3 aromatic carbocycles. The lowest BCUT2D eigenvalue weighted by Crippen LogP contribution is -2.60. The number of nitrogens with zero attached hydrogens (tertiary/aromatic N) is 4. The van der Waals surface area contributed by atoms with Crippen LogP contribution in [0.2, 0.25) is 0 Å². The molecule has 0 spiro atoms. The summed E-state index contributed by atoms with van der Waals surface area (Å²) < 4.78 is 24.9. The first-order valence-corrected chi connectivity index (χ1v) is 35.6. The summed E-state index contributed by atoms with van der Waals surface area (Å²) in [5.74, 6) is -2.86. The number of carbonyl (C=O) groups excluding carboxylic acids is 9. The fourth-order valence-corrected chi connectivity index (χ4v) is 14.9. The van der Waals surface area contributed by atoms with Crippen LogP contribution in [-0.4, -0.2) is 204 Å². The fraction of sp³-hybridized carbons (Fsp3) is 0.537. The van der Waals surface area contributed by atoms with E-state index in [0.29, 0.717) is 57.8 Å². The number of hydrogen-bond donors (Lipinski definition) is 11. The zero-order chi connectivity index (χ0) is 72.1. The van der Waals surface area contributed by atoms with Gasteiger partial charge in [-0.3, -0.25) is 28.8 Å². The van der Waals surface area contributed by atoms with Crippen molar-refractivity contribution in [3.63, 3.8) is 0 Å². The summed E-state index contributed by atoms with van der Waals surface area (Å²) in [5.41, 5.74) is 16.3. The molecule has 13 N–H and O–H groups in total. The number of amides is 10. The van der Waals surface area contributed by atoms with E-state index in [0.717, 1.165) is 33.0 Å². The SMILES string of the molecule is CC(=O)N[C@@H](CCCCN)C(=O)N[C@H](C(=O)N[C@@H](CCCNC(N)=O)C(=O)Nc1ccc(COC(=O)N(C)CCN(C)C(=O)Oc2cc3c(c4c(C)csc24)[C@H](CCl)CN3C(=O)CCCC(=O)N2C[C@@H](CCl)c3c2cc(O[C@@H]2O[C@H](CO)[C@H](O)[C@H](O)[C@H]2O)c2scc(C)c32)cc1)C(C)C. The summed E-state index contributed by atoms with van der Waals surface area (Å²) >= 11 is 16.0. The van der Waals surface area contributed by atoms with Gasteiger partial charge in [-0.15, -0.1) is 45.9 Å². The number of fused-ring (bicyclic) bond motifs is 6. The van der Waals surface area contributed by atoms with Gasteiger partial charge in [0.1, 0.15) is 54.9 Å². The first-order chi connectivity index (χ1) is 47.2. The molecule has 10 amide bonds. The molecule has 1 saturated heterocycles. The van der Waals surface area contributed by atoms with Crippen molar-refractivity contribution in [3.05, 3.63) is 75.0 Å². The number of primary amides is 1. The van der Waals surface area contributed by atoms with Gasteiger partial charge in [0, 0.05) is 119 Å². The highest BCUT2D eigenvalue weighted by molar-refractivity contribution is 7.18. The number of anilines is 3. The van der Waals surface area contributed by atoms with E-state index in [1.165, 1.54) is 53.5 Å². The minimum Gasteiger partial charge on any atom is -0.460 e. The highest BCUT2D eigenvalue weighted by Gasteiger charge is 2.46. The van der Waals surface area contributed by atoms with Crippen LogP contribution in [0, 0.1) is 19.8 Å². The Morgan fingerprint density at radius 2 is 1.27 bits per heavy atom. The molecule has 32 heteroatoms. The van der Waals surface area contributed by atoms with E-state index in [9.17, 15) is 63.6 Å². The lowest BCUT2D eigenvalue weighted by molar-refractivity contribution is -0.277. The van der Waals surface area contributed by atoms with Crippen molar-refractivity contribution < 1.29 is 82.5 Å². The number of rotatable bonds is 31. The topological polar surface area (TPSA) is 397 Å². The van der Waals surface area contributed by atoms with Gasteiger partial charge in [0.2, 0.25) is 41.7 Å². The Morgan fingerprint density at radius 1 is 0.717 bits per heavy atom. The summed E-state index contributed by atoms with van der Waals surface area (Å²) in [5, 5.41) is 60.4. The predicted molar refractivity (Wildman–Crippen MR) is 376 cm³/mol. The molecule has 8 rings (SSSR count). The van der Waals surface area contributed by atoms with E-state index < -0.39 is 103 Å². The van der Waals surface area contributed by atoms with Gasteiger partial charge in [0.05, 0.1) is 27.4 Å². The van der Waals surface area contributed by atoms with Gasteiger partial charge < -0.3 is 97.0 Å². The van der Waals surface area contributed by atoms with Crippen LogP contribution in [0.25, 0.3) is 20.2 Å². The van der Waals surface area contributed by atoms with Crippen LogP contribution in [0.4, 0.5) is 31.4 Å². The summed E-state index contributed by atoms with van der Waals surface area (Å²) in [6, 6.07) is 5.87. The van der Waals surface area contributed by atoms with E-state index in [2.05, 4.69) is 26.6 Å². The molecule has 0 saturated carbocycles. The molecule has 3 aliphatic heterocycles. The minimum atomic E-state index is -1.67. The minimum absolute atomic E-state index is 0.0186. The number of hydrogen-bond acceptors (Lipinski definition) is 20. The number of aliphatic hydroxyl groups excluding tert-OH is 4. The molecule has 540 valence electrons. The smallest absolute Gasteiger partial charge is 0.415 e. The first-order valence-electron chi connectivity index (χ1n) is 32.8. The Morgan fingerprint density at radius 3 is 1.82 bits per heavy atom. The third-order valence-electron chi connectivity index (χ3n) is 17.7. The van der Waals surface area contributed by atoms with Crippen molar-refractivity contribution in [2.75, 3.05) is 86.8 Å². The number of nitrogens with two attached hydrogens (primary N) is 2.